The minimum Gasteiger partial charge on any atom is -0.482 e. The number of carbonyl (C=O) groups excluding carboxylic acids is 1. The molecule has 0 heterocycles. The average Bonchev–Trinajstić information content (AvgIpc) is 2.36. The van der Waals surface area contributed by atoms with Gasteiger partial charge in [-0.2, -0.15) is 0 Å². The largest absolute Gasteiger partial charge is 0.482 e. The van der Waals surface area contributed by atoms with Gasteiger partial charge in [-0.3, -0.25) is 4.79 Å². The van der Waals surface area contributed by atoms with Gasteiger partial charge in [-0.15, -0.1) is 0 Å². The topological polar surface area (TPSA) is 55.6 Å². The van der Waals surface area contributed by atoms with Crippen molar-refractivity contribution in [3.05, 3.63) is 29.0 Å². The highest BCUT2D eigenvalue weighted by atomic mass is 35.5. The maximum Gasteiger partial charge on any atom is 0.260 e. The van der Waals surface area contributed by atoms with E-state index in [1.54, 1.807) is 11.9 Å². The highest BCUT2D eigenvalue weighted by Gasteiger charge is 2.21. The first-order valence-corrected chi connectivity index (χ1v) is 6.65. The molecule has 0 aromatic heterocycles. The minimum atomic E-state index is -0.449. The zero-order chi connectivity index (χ0) is 15.3. The Kier molecular flexibility index (Phi) is 5.77. The first kappa shape index (κ1) is 16.7. The van der Waals surface area contributed by atoms with Crippen molar-refractivity contribution in [2.24, 2.45) is 11.1 Å². The van der Waals surface area contributed by atoms with Gasteiger partial charge < -0.3 is 15.4 Å². The lowest BCUT2D eigenvalue weighted by atomic mass is 9.93. The molecule has 112 valence electrons. The van der Waals surface area contributed by atoms with Crippen molar-refractivity contribution in [3.63, 3.8) is 0 Å². The van der Waals surface area contributed by atoms with E-state index in [-0.39, 0.29) is 28.7 Å². The Labute approximate surface area is 123 Å². The summed E-state index contributed by atoms with van der Waals surface area (Å²) in [6.45, 7) is 4.82. The van der Waals surface area contributed by atoms with E-state index in [1.807, 2.05) is 13.8 Å². The quantitative estimate of drug-likeness (QED) is 0.877. The molecule has 0 fully saturated rings. The van der Waals surface area contributed by atoms with E-state index >= 15 is 0 Å². The molecule has 1 aromatic rings. The normalized spacial score (nSPS) is 11.3. The monoisotopic (exact) mass is 302 g/mol. The number of carbonyl (C=O) groups is 1. The number of hydrogen-bond acceptors (Lipinski definition) is 3. The lowest BCUT2D eigenvalue weighted by Gasteiger charge is -2.29. The van der Waals surface area contributed by atoms with Gasteiger partial charge in [0.05, 0.1) is 5.02 Å². The Morgan fingerprint density at radius 1 is 1.50 bits per heavy atom. The number of nitrogens with two attached hydrogens (primary N) is 1. The maximum absolute atomic E-state index is 12.9. The molecular weight excluding hydrogens is 283 g/mol. The standard InChI is InChI=1S/C14H20ClFN2O2/c1-14(2,8-17)9-18(3)13(19)7-20-12-5-4-10(16)6-11(12)15/h4-6H,7-9,17H2,1-3H3. The summed E-state index contributed by atoms with van der Waals surface area (Å²) < 4.78 is 18.2. The van der Waals surface area contributed by atoms with Crippen LogP contribution in [0.5, 0.6) is 5.75 Å². The molecule has 0 saturated carbocycles. The molecule has 0 bridgehead atoms. The van der Waals surface area contributed by atoms with Crippen LogP contribution < -0.4 is 10.5 Å². The van der Waals surface area contributed by atoms with Crippen LogP contribution in [0.15, 0.2) is 18.2 Å². The summed E-state index contributed by atoms with van der Waals surface area (Å²) in [6, 6.07) is 3.77. The van der Waals surface area contributed by atoms with E-state index < -0.39 is 5.82 Å². The number of amides is 1. The summed E-state index contributed by atoms with van der Waals surface area (Å²) in [7, 11) is 1.69. The van der Waals surface area contributed by atoms with Crippen LogP contribution >= 0.6 is 11.6 Å². The molecule has 20 heavy (non-hydrogen) atoms. The van der Waals surface area contributed by atoms with Crippen molar-refractivity contribution >= 4 is 17.5 Å². The molecule has 0 radical (unpaired) electrons. The molecule has 0 aliphatic carbocycles. The second kappa shape index (κ2) is 6.90. The molecule has 0 unspecified atom stereocenters. The van der Waals surface area contributed by atoms with E-state index in [0.29, 0.717) is 13.1 Å². The van der Waals surface area contributed by atoms with Gasteiger partial charge in [0.15, 0.2) is 6.61 Å². The number of benzene rings is 1. The Balaban J connectivity index is 2.54. The average molecular weight is 303 g/mol. The molecule has 1 aromatic carbocycles. The summed E-state index contributed by atoms with van der Waals surface area (Å²) in [6.07, 6.45) is 0. The van der Waals surface area contributed by atoms with E-state index in [9.17, 15) is 9.18 Å². The van der Waals surface area contributed by atoms with E-state index in [1.165, 1.54) is 12.1 Å². The number of halogens is 2. The van der Waals surface area contributed by atoms with Crippen LogP contribution in [0.4, 0.5) is 4.39 Å². The molecule has 0 saturated heterocycles. The highest BCUT2D eigenvalue weighted by Crippen LogP contribution is 2.24. The zero-order valence-electron chi connectivity index (χ0n) is 12.0. The molecule has 2 N–H and O–H groups in total. The van der Waals surface area contributed by atoms with Crippen molar-refractivity contribution < 1.29 is 13.9 Å². The SMILES string of the molecule is CN(CC(C)(C)CN)C(=O)COc1ccc(F)cc1Cl. The molecule has 0 aliphatic rings. The molecule has 1 amide bonds. The molecule has 1 rings (SSSR count). The van der Waals surface area contributed by atoms with Gasteiger partial charge in [0.1, 0.15) is 11.6 Å². The molecular formula is C14H20ClFN2O2. The predicted octanol–water partition coefficient (Wildman–Crippen LogP) is 2.30. The Morgan fingerprint density at radius 2 is 2.15 bits per heavy atom. The van der Waals surface area contributed by atoms with Crippen LogP contribution in [-0.4, -0.2) is 37.6 Å². The zero-order valence-corrected chi connectivity index (χ0v) is 12.7. The van der Waals surface area contributed by atoms with Gasteiger partial charge in [-0.1, -0.05) is 25.4 Å². The summed E-state index contributed by atoms with van der Waals surface area (Å²) in [5.74, 6) is -0.352. The predicted molar refractivity (Wildman–Crippen MR) is 77.4 cm³/mol. The fourth-order valence-electron chi connectivity index (χ4n) is 1.64. The number of rotatable bonds is 6. The second-order valence-corrected chi connectivity index (χ2v) is 5.89. The number of hydrogen-bond donors (Lipinski definition) is 1. The molecule has 0 aliphatic heterocycles. The first-order valence-electron chi connectivity index (χ1n) is 6.27. The third-order valence-corrected chi connectivity index (χ3v) is 3.18. The van der Waals surface area contributed by atoms with E-state index in [4.69, 9.17) is 22.1 Å². The van der Waals surface area contributed by atoms with Crippen molar-refractivity contribution in [2.45, 2.75) is 13.8 Å². The van der Waals surface area contributed by atoms with Gasteiger partial charge in [0, 0.05) is 13.6 Å². The van der Waals surface area contributed by atoms with Crippen LogP contribution in [0.25, 0.3) is 0 Å². The summed E-state index contributed by atoms with van der Waals surface area (Å²) in [5.41, 5.74) is 5.48. The Morgan fingerprint density at radius 3 is 2.70 bits per heavy atom. The Bertz CT molecular complexity index is 480. The summed E-state index contributed by atoms with van der Waals surface area (Å²) >= 11 is 5.82. The smallest absolute Gasteiger partial charge is 0.260 e. The summed E-state index contributed by atoms with van der Waals surface area (Å²) in [5, 5.41) is 0.141. The van der Waals surface area contributed by atoms with Gasteiger partial charge in [0.25, 0.3) is 5.91 Å². The lowest BCUT2D eigenvalue weighted by Crippen LogP contribution is -2.41. The third-order valence-electron chi connectivity index (χ3n) is 2.89. The van der Waals surface area contributed by atoms with E-state index in [0.717, 1.165) is 6.07 Å². The van der Waals surface area contributed by atoms with Gasteiger partial charge in [-0.05, 0) is 30.2 Å². The number of nitrogens with zero attached hydrogens (tertiary/aromatic N) is 1. The Hall–Kier alpha value is -1.33. The number of likely N-dealkylation sites (N-methyl/N-ethyl adjacent to an activating group) is 1. The van der Waals surface area contributed by atoms with Crippen LogP contribution in [0.1, 0.15) is 13.8 Å². The fraction of sp³-hybridized carbons (Fsp3) is 0.500. The van der Waals surface area contributed by atoms with Crippen molar-refractivity contribution in [1.29, 1.82) is 0 Å². The minimum absolute atomic E-state index is 0.141. The second-order valence-electron chi connectivity index (χ2n) is 5.48. The molecule has 0 atom stereocenters. The lowest BCUT2D eigenvalue weighted by molar-refractivity contribution is -0.133. The van der Waals surface area contributed by atoms with Gasteiger partial charge in [-0.25, -0.2) is 4.39 Å². The molecule has 4 nitrogen and oxygen atoms in total. The highest BCUT2D eigenvalue weighted by molar-refractivity contribution is 6.32. The maximum atomic E-state index is 12.9. The van der Waals surface area contributed by atoms with Crippen molar-refractivity contribution in [2.75, 3.05) is 26.7 Å². The van der Waals surface area contributed by atoms with Crippen LogP contribution in [0.3, 0.4) is 0 Å². The van der Waals surface area contributed by atoms with Gasteiger partial charge in [0.2, 0.25) is 0 Å². The van der Waals surface area contributed by atoms with Crippen molar-refractivity contribution in [1.82, 2.24) is 4.90 Å². The summed E-state index contributed by atoms with van der Waals surface area (Å²) in [4.78, 5) is 13.5. The van der Waals surface area contributed by atoms with Gasteiger partial charge >= 0.3 is 0 Å². The first-order chi connectivity index (χ1) is 9.25. The molecule has 0 spiro atoms. The van der Waals surface area contributed by atoms with Crippen LogP contribution in [-0.2, 0) is 4.79 Å². The number of ether oxygens (including phenoxy) is 1. The fourth-order valence-corrected chi connectivity index (χ4v) is 1.86. The van der Waals surface area contributed by atoms with E-state index in [2.05, 4.69) is 0 Å². The van der Waals surface area contributed by atoms with Crippen molar-refractivity contribution in [3.8, 4) is 5.75 Å². The van der Waals surface area contributed by atoms with Crippen LogP contribution in [0.2, 0.25) is 5.02 Å². The third kappa shape index (κ3) is 4.98. The van der Waals surface area contributed by atoms with Crippen LogP contribution in [0, 0.1) is 11.2 Å². The molecule has 6 heteroatoms.